The minimum Gasteiger partial charge on any atom is -0.870 e. The molecule has 264 valence electrons. The predicted octanol–water partition coefficient (Wildman–Crippen LogP) is 1.25. The molecule has 50 heavy (non-hydrogen) atoms. The van der Waals surface area contributed by atoms with Gasteiger partial charge in [0, 0.05) is 63.5 Å². The van der Waals surface area contributed by atoms with Gasteiger partial charge in [-0.25, -0.2) is 9.59 Å². The van der Waals surface area contributed by atoms with Crippen molar-refractivity contribution in [2.45, 2.75) is 32.9 Å². The van der Waals surface area contributed by atoms with Crippen LogP contribution in [0.15, 0.2) is 72.8 Å². The summed E-state index contributed by atoms with van der Waals surface area (Å²) in [6.07, 6.45) is 1.80. The molecule has 0 aliphatic carbocycles. The quantitative estimate of drug-likeness (QED) is 0.159. The normalized spacial score (nSPS) is 14.8. The number of rotatable bonds is 13. The van der Waals surface area contributed by atoms with Crippen LogP contribution in [0.5, 0.6) is 0 Å². The van der Waals surface area contributed by atoms with Gasteiger partial charge in [-0.15, -0.1) is 0 Å². The van der Waals surface area contributed by atoms with Crippen molar-refractivity contribution in [2.75, 3.05) is 72.3 Å². The number of carboxylic acids is 1. The zero-order valence-electron chi connectivity index (χ0n) is 29.2. The van der Waals surface area contributed by atoms with Gasteiger partial charge in [0.25, 0.3) is 0 Å². The van der Waals surface area contributed by atoms with Crippen LogP contribution in [-0.2, 0) is 27.3 Å². The molecule has 0 unspecified atom stereocenters. The predicted molar refractivity (Wildman–Crippen MR) is 184 cm³/mol. The Balaban J connectivity index is 0.000000261. The second-order valence-electron chi connectivity index (χ2n) is 11.6. The molecule has 2 aliphatic rings. The first-order valence-corrected chi connectivity index (χ1v) is 16.8. The van der Waals surface area contributed by atoms with Crippen LogP contribution in [0.1, 0.15) is 40.7 Å². The van der Waals surface area contributed by atoms with E-state index in [9.17, 15) is 14.7 Å². The topological polar surface area (TPSA) is 154 Å². The summed E-state index contributed by atoms with van der Waals surface area (Å²) in [7, 11) is 0. The summed E-state index contributed by atoms with van der Waals surface area (Å²) < 4.78 is 19.3. The third-order valence-electron chi connectivity index (χ3n) is 8.30. The summed E-state index contributed by atoms with van der Waals surface area (Å²) in [5.74, 6) is -1.25. The van der Waals surface area contributed by atoms with E-state index < -0.39 is 5.97 Å². The fourth-order valence-corrected chi connectivity index (χ4v) is 5.75. The summed E-state index contributed by atoms with van der Waals surface area (Å²) in [4.78, 5) is 28.4. The minimum absolute atomic E-state index is 0. The molecule has 14 heteroatoms. The van der Waals surface area contributed by atoms with Gasteiger partial charge in [-0.3, -0.25) is 19.2 Å². The van der Waals surface area contributed by atoms with Crippen LogP contribution >= 0.6 is 0 Å². The number of ether oxygens (including phenoxy) is 3. The zero-order chi connectivity index (χ0) is 33.6. The number of benzene rings is 2. The van der Waals surface area contributed by atoms with Gasteiger partial charge in [0.2, 0.25) is 0 Å². The van der Waals surface area contributed by atoms with E-state index in [0.29, 0.717) is 31.1 Å². The molecule has 0 atom stereocenters. The second-order valence-corrected chi connectivity index (χ2v) is 11.6. The number of esters is 1. The molecule has 2 N–H and O–H groups in total. The Morgan fingerprint density at radius 3 is 1.54 bits per heavy atom. The standard InChI is InChI=1S/C19H25N3O3.C17H21N3O3.Na.H2O/c1-2-25-19(23)18-15-17(16-7-4-3-5-8-16)20-22(18)10-6-9-21-11-13-24-14-12-21;21-17(22)16-13-15(14-5-2-1-3-6-14)18-20(16)8-4-7-19-9-11-23-12-10-19;;/h3-5,7-8,15H,2,6,9-14H2,1H3;1-3,5-6,13H,4,7-12H2,(H,21,22);;1H2/q;;+1;/p-1. The Kier molecular flexibility index (Phi) is 17.8. The van der Waals surface area contributed by atoms with Crippen molar-refractivity contribution in [3.8, 4) is 22.5 Å². The first-order valence-electron chi connectivity index (χ1n) is 16.8. The largest absolute Gasteiger partial charge is 1.00 e. The third kappa shape index (κ3) is 12.1. The van der Waals surface area contributed by atoms with Crippen molar-refractivity contribution in [1.29, 1.82) is 0 Å². The number of aromatic carboxylic acids is 1. The average molecular weight is 699 g/mol. The number of carboxylic acid groups (broad SMARTS) is 1. The van der Waals surface area contributed by atoms with E-state index in [4.69, 9.17) is 14.2 Å². The van der Waals surface area contributed by atoms with Crippen molar-refractivity contribution in [1.82, 2.24) is 29.4 Å². The molecular formula is C36H47N6NaO7. The van der Waals surface area contributed by atoms with E-state index in [2.05, 4.69) is 20.0 Å². The van der Waals surface area contributed by atoms with Gasteiger partial charge < -0.3 is 24.8 Å². The van der Waals surface area contributed by atoms with E-state index >= 15 is 0 Å². The molecule has 4 aromatic rings. The molecule has 2 aromatic heterocycles. The average Bonchev–Trinajstić information content (AvgIpc) is 3.76. The molecule has 13 nitrogen and oxygen atoms in total. The molecule has 2 aromatic carbocycles. The van der Waals surface area contributed by atoms with Crippen molar-refractivity contribution in [3.05, 3.63) is 84.2 Å². The van der Waals surface area contributed by atoms with Crippen molar-refractivity contribution >= 4 is 11.9 Å². The van der Waals surface area contributed by atoms with Crippen LogP contribution in [-0.4, -0.2) is 124 Å². The molecule has 0 spiro atoms. The van der Waals surface area contributed by atoms with Crippen LogP contribution in [0.3, 0.4) is 0 Å². The summed E-state index contributed by atoms with van der Waals surface area (Å²) in [6.45, 7) is 12.4. The van der Waals surface area contributed by atoms with E-state index in [1.807, 2.05) is 73.7 Å². The minimum atomic E-state index is -0.939. The van der Waals surface area contributed by atoms with E-state index in [0.717, 1.165) is 95.4 Å². The van der Waals surface area contributed by atoms with Crippen LogP contribution in [0.4, 0.5) is 0 Å². The molecular weight excluding hydrogens is 651 g/mol. The molecule has 4 heterocycles. The molecule has 0 bridgehead atoms. The molecule has 2 aliphatic heterocycles. The maximum Gasteiger partial charge on any atom is 1.00 e. The molecule has 0 radical (unpaired) electrons. The first kappa shape index (κ1) is 41.0. The van der Waals surface area contributed by atoms with Gasteiger partial charge in [-0.2, -0.15) is 10.2 Å². The maximum atomic E-state index is 12.3. The number of hydrogen-bond acceptors (Lipinski definition) is 10. The van der Waals surface area contributed by atoms with Crippen LogP contribution in [0.25, 0.3) is 22.5 Å². The Hall–Kier alpha value is -3.40. The van der Waals surface area contributed by atoms with Gasteiger partial charge >= 0.3 is 41.5 Å². The zero-order valence-corrected chi connectivity index (χ0v) is 31.2. The number of nitrogens with zero attached hydrogens (tertiary/aromatic N) is 6. The Morgan fingerprint density at radius 1 is 0.700 bits per heavy atom. The summed E-state index contributed by atoms with van der Waals surface area (Å²) in [5, 5.41) is 18.5. The SMILES string of the molecule is CCOC(=O)c1cc(-c2ccccc2)nn1CCCN1CCOCC1.O=C(O)c1cc(-c2ccccc2)nn1CCCN1CCOCC1.[Na+].[OH-]. The number of hydrogen-bond donors (Lipinski definition) is 1. The number of morpholine rings is 2. The number of aromatic nitrogens is 4. The Labute approximate surface area is 315 Å². The fourth-order valence-electron chi connectivity index (χ4n) is 5.75. The molecule has 6 rings (SSSR count). The van der Waals surface area contributed by atoms with Crippen molar-refractivity contribution in [3.63, 3.8) is 0 Å². The third-order valence-corrected chi connectivity index (χ3v) is 8.30. The molecule has 2 fully saturated rings. The van der Waals surface area contributed by atoms with Crippen molar-refractivity contribution in [2.24, 2.45) is 0 Å². The van der Waals surface area contributed by atoms with Gasteiger partial charge in [-0.05, 0) is 31.9 Å². The summed E-state index contributed by atoms with van der Waals surface area (Å²) in [6, 6.07) is 23.0. The van der Waals surface area contributed by atoms with E-state index in [1.54, 1.807) is 15.4 Å². The van der Waals surface area contributed by atoms with Gasteiger partial charge in [0.1, 0.15) is 11.4 Å². The van der Waals surface area contributed by atoms with Crippen LogP contribution in [0.2, 0.25) is 0 Å². The van der Waals surface area contributed by atoms with Crippen LogP contribution in [0, 0.1) is 0 Å². The summed E-state index contributed by atoms with van der Waals surface area (Å²) >= 11 is 0. The Morgan fingerprint density at radius 2 is 1.12 bits per heavy atom. The van der Waals surface area contributed by atoms with E-state index in [-0.39, 0.29) is 46.7 Å². The van der Waals surface area contributed by atoms with Gasteiger partial charge in [-0.1, -0.05) is 60.7 Å². The number of carbonyl (C=O) groups excluding carboxylic acids is 1. The van der Waals surface area contributed by atoms with Crippen LogP contribution < -0.4 is 29.6 Å². The fraction of sp³-hybridized carbons (Fsp3) is 0.444. The number of aryl methyl sites for hydroxylation is 2. The summed E-state index contributed by atoms with van der Waals surface area (Å²) in [5.41, 5.74) is 4.19. The first-order chi connectivity index (χ1) is 23.5. The van der Waals surface area contributed by atoms with Gasteiger partial charge in [0.05, 0.1) is 44.4 Å². The van der Waals surface area contributed by atoms with Gasteiger partial charge in [0.15, 0.2) is 0 Å². The second kappa shape index (κ2) is 21.7. The Bertz CT molecular complexity index is 1570. The van der Waals surface area contributed by atoms with E-state index in [1.165, 1.54) is 0 Å². The molecule has 2 saturated heterocycles. The maximum absolute atomic E-state index is 12.3. The monoisotopic (exact) mass is 698 g/mol. The smallest absolute Gasteiger partial charge is 0.870 e. The number of carbonyl (C=O) groups is 2. The molecule has 0 amide bonds. The molecule has 0 saturated carbocycles. The van der Waals surface area contributed by atoms with Crippen molar-refractivity contribution < 1.29 is 63.9 Å².